The van der Waals surface area contributed by atoms with E-state index in [1.807, 2.05) is 12.2 Å². The number of fused-ring (bicyclic) bond motifs is 1. The molecule has 0 saturated heterocycles. The van der Waals surface area contributed by atoms with E-state index in [0.29, 0.717) is 18.7 Å². The van der Waals surface area contributed by atoms with Crippen molar-refractivity contribution in [1.82, 2.24) is 0 Å². The zero-order chi connectivity index (χ0) is 14.1. The van der Waals surface area contributed by atoms with E-state index in [2.05, 4.69) is 11.1 Å². The van der Waals surface area contributed by atoms with Gasteiger partial charge in [0.05, 0.1) is 11.0 Å². The van der Waals surface area contributed by atoms with Crippen molar-refractivity contribution < 1.29 is 13.2 Å². The van der Waals surface area contributed by atoms with E-state index in [9.17, 15) is 13.2 Å². The number of carbonyl (C=O) groups excluding carboxylic acids is 1. The highest BCUT2D eigenvalue weighted by Gasteiger charge is 2.79. The van der Waals surface area contributed by atoms with Gasteiger partial charge in [-0.05, 0) is 12.3 Å². The lowest BCUT2D eigenvalue weighted by Crippen LogP contribution is -2.42. The highest BCUT2D eigenvalue weighted by Crippen LogP contribution is 2.69. The van der Waals surface area contributed by atoms with Crippen molar-refractivity contribution in [3.05, 3.63) is 23.8 Å². The lowest BCUT2D eigenvalue weighted by molar-refractivity contribution is -0.113. The predicted molar refractivity (Wildman–Crippen MR) is 76.4 cm³/mol. The van der Waals surface area contributed by atoms with Crippen LogP contribution < -0.4 is 0 Å². The first kappa shape index (κ1) is 12.5. The number of ketones is 1. The number of nitrogens with zero attached hydrogens (tertiary/aromatic N) is 1. The van der Waals surface area contributed by atoms with E-state index in [1.165, 1.54) is 0 Å². The van der Waals surface area contributed by atoms with Crippen LogP contribution in [0, 0.1) is 17.3 Å². The molecule has 1 aliphatic heterocycles. The number of allylic oxidation sites excluding steroid dienone is 4. The second-order valence-electron chi connectivity index (χ2n) is 6.16. The van der Waals surface area contributed by atoms with Crippen LogP contribution in [0.25, 0.3) is 0 Å². The molecule has 0 bridgehead atoms. The van der Waals surface area contributed by atoms with Crippen molar-refractivity contribution in [2.75, 3.05) is 12.3 Å². The van der Waals surface area contributed by atoms with Gasteiger partial charge in [-0.15, -0.1) is 0 Å². The molecule has 0 aromatic heterocycles. The molecule has 4 nitrogen and oxygen atoms in total. The van der Waals surface area contributed by atoms with Crippen molar-refractivity contribution in [3.63, 3.8) is 0 Å². The maximum Gasteiger partial charge on any atom is 0.181 e. The van der Waals surface area contributed by atoms with Crippen LogP contribution in [0.5, 0.6) is 0 Å². The summed E-state index contributed by atoms with van der Waals surface area (Å²) in [6, 6.07) is 0. The van der Waals surface area contributed by atoms with Gasteiger partial charge in [0.1, 0.15) is 0 Å². The zero-order valence-corrected chi connectivity index (χ0v) is 12.2. The lowest BCUT2D eigenvalue weighted by atomic mass is 9.68. The fourth-order valence-electron chi connectivity index (χ4n) is 4.63. The Morgan fingerprint density at radius 3 is 3.00 bits per heavy atom. The van der Waals surface area contributed by atoms with Crippen molar-refractivity contribution in [1.29, 1.82) is 0 Å². The molecule has 2 fully saturated rings. The Morgan fingerprint density at radius 2 is 2.25 bits per heavy atom. The van der Waals surface area contributed by atoms with E-state index in [1.54, 1.807) is 6.92 Å². The van der Waals surface area contributed by atoms with Gasteiger partial charge in [0, 0.05) is 30.1 Å². The van der Waals surface area contributed by atoms with Gasteiger partial charge < -0.3 is 0 Å². The Bertz CT molecular complexity index is 701. The summed E-state index contributed by atoms with van der Waals surface area (Å²) < 4.78 is 24.8. The first-order chi connectivity index (χ1) is 9.53. The highest BCUT2D eigenvalue weighted by atomic mass is 32.2. The molecule has 4 rings (SSSR count). The Balaban J connectivity index is 1.87. The zero-order valence-electron chi connectivity index (χ0n) is 11.4. The van der Waals surface area contributed by atoms with Crippen LogP contribution in [0.2, 0.25) is 0 Å². The number of Topliss-reactive ketones (excluding diaryl/α,β-unsaturated/α-hetero) is 1. The van der Waals surface area contributed by atoms with Crippen LogP contribution in [0.3, 0.4) is 0 Å². The predicted octanol–water partition coefficient (Wildman–Crippen LogP) is 1.34. The summed E-state index contributed by atoms with van der Waals surface area (Å²) >= 11 is 0. The average molecular weight is 291 g/mol. The number of carbonyl (C=O) groups is 1. The van der Waals surface area contributed by atoms with Gasteiger partial charge >= 0.3 is 0 Å². The minimum absolute atomic E-state index is 0.0339. The molecule has 0 radical (unpaired) electrons. The van der Waals surface area contributed by atoms with E-state index < -0.39 is 15.3 Å². The maximum atomic E-state index is 12.4. The first-order valence-corrected chi connectivity index (χ1v) is 8.90. The molecule has 2 saturated carbocycles. The number of rotatable bonds is 2. The first-order valence-electron chi connectivity index (χ1n) is 7.18. The smallest absolute Gasteiger partial charge is 0.181 e. The second-order valence-corrected chi connectivity index (χ2v) is 8.57. The van der Waals surface area contributed by atoms with Crippen molar-refractivity contribution in [2.45, 2.75) is 25.0 Å². The second kappa shape index (κ2) is 3.70. The van der Waals surface area contributed by atoms with Crippen LogP contribution in [-0.2, 0) is 14.6 Å². The Hall–Kier alpha value is -1.23. The Morgan fingerprint density at radius 1 is 1.45 bits per heavy atom. The van der Waals surface area contributed by atoms with Crippen LogP contribution in [-0.4, -0.2) is 37.5 Å². The molecule has 4 atom stereocenters. The fourth-order valence-corrected chi connectivity index (χ4v) is 6.77. The number of sulfone groups is 1. The molecule has 0 N–H and O–H groups in total. The normalized spacial score (nSPS) is 41.5. The standard InChI is InChI=1S/C15H17NO3S/c1-2-20(18,19)14-11-8-16-13-12(17)7-9-5-3-4-6-10(9)15(11,13)14/h3-5,10-11,14H,2,6-8H2,1H3. The largest absolute Gasteiger partial charge is 0.292 e. The third-order valence-electron chi connectivity index (χ3n) is 5.46. The SMILES string of the molecule is CCS(=O)(=O)C1C2CN=C3C(=O)CC4=CC=CCC4C321. The summed E-state index contributed by atoms with van der Waals surface area (Å²) in [5.74, 6) is 0.396. The van der Waals surface area contributed by atoms with Gasteiger partial charge in [-0.25, -0.2) is 8.42 Å². The molecule has 20 heavy (non-hydrogen) atoms. The van der Waals surface area contributed by atoms with Gasteiger partial charge in [-0.2, -0.15) is 0 Å². The molecule has 106 valence electrons. The van der Waals surface area contributed by atoms with E-state index in [-0.39, 0.29) is 28.6 Å². The molecule has 3 aliphatic carbocycles. The van der Waals surface area contributed by atoms with Crippen LogP contribution in [0.15, 0.2) is 28.8 Å². The minimum Gasteiger partial charge on any atom is -0.292 e. The third kappa shape index (κ3) is 1.25. The topological polar surface area (TPSA) is 63.6 Å². The molecule has 1 spiro atoms. The number of hydrogen-bond acceptors (Lipinski definition) is 4. The van der Waals surface area contributed by atoms with E-state index in [0.717, 1.165) is 12.0 Å². The molecule has 0 aromatic carbocycles. The summed E-state index contributed by atoms with van der Waals surface area (Å²) in [5.41, 5.74) is 1.21. The molecule has 1 heterocycles. The molecular weight excluding hydrogens is 274 g/mol. The van der Waals surface area contributed by atoms with Gasteiger partial charge in [-0.1, -0.05) is 30.7 Å². The molecule has 4 aliphatic rings. The average Bonchev–Trinajstić information content (AvgIpc) is 2.94. The summed E-state index contributed by atoms with van der Waals surface area (Å²) in [6.07, 6.45) is 7.32. The maximum absolute atomic E-state index is 12.4. The summed E-state index contributed by atoms with van der Waals surface area (Å²) in [5, 5.41) is -0.378. The van der Waals surface area contributed by atoms with E-state index in [4.69, 9.17) is 0 Å². The van der Waals surface area contributed by atoms with Crippen LogP contribution >= 0.6 is 0 Å². The minimum atomic E-state index is -3.12. The highest BCUT2D eigenvalue weighted by molar-refractivity contribution is 7.92. The Kier molecular flexibility index (Phi) is 2.31. The molecule has 5 heteroatoms. The van der Waals surface area contributed by atoms with Crippen LogP contribution in [0.1, 0.15) is 19.8 Å². The monoisotopic (exact) mass is 291 g/mol. The fraction of sp³-hybridized carbons (Fsp3) is 0.600. The van der Waals surface area contributed by atoms with Gasteiger partial charge in [-0.3, -0.25) is 9.79 Å². The lowest BCUT2D eigenvalue weighted by Gasteiger charge is -2.35. The summed E-state index contributed by atoms with van der Waals surface area (Å²) in [4.78, 5) is 16.7. The van der Waals surface area contributed by atoms with Gasteiger partial charge in [0.25, 0.3) is 0 Å². The summed E-state index contributed by atoms with van der Waals surface area (Å²) in [7, 11) is -3.12. The van der Waals surface area contributed by atoms with Crippen molar-refractivity contribution in [3.8, 4) is 0 Å². The van der Waals surface area contributed by atoms with Crippen molar-refractivity contribution in [2.24, 2.45) is 22.2 Å². The number of aliphatic imine (C=N–C) groups is 1. The quantitative estimate of drug-likeness (QED) is 0.771. The molecule has 0 aromatic rings. The van der Waals surface area contributed by atoms with E-state index >= 15 is 0 Å². The summed E-state index contributed by atoms with van der Waals surface area (Å²) in [6.45, 7) is 2.21. The number of hydrogen-bond donors (Lipinski definition) is 0. The third-order valence-corrected chi connectivity index (χ3v) is 7.75. The Labute approximate surface area is 118 Å². The van der Waals surface area contributed by atoms with Crippen molar-refractivity contribution >= 4 is 21.3 Å². The van der Waals surface area contributed by atoms with Gasteiger partial charge in [0.2, 0.25) is 0 Å². The van der Waals surface area contributed by atoms with Crippen LogP contribution in [0.4, 0.5) is 0 Å². The molecular formula is C15H17NO3S. The molecule has 0 amide bonds. The van der Waals surface area contributed by atoms with Gasteiger partial charge in [0.15, 0.2) is 15.6 Å². The molecule has 4 unspecified atom stereocenters.